The molecule has 1 aromatic rings. The Morgan fingerprint density at radius 3 is 2.93 bits per heavy atom. The third kappa shape index (κ3) is 3.02. The molecule has 4 heteroatoms. The summed E-state index contributed by atoms with van der Waals surface area (Å²) in [6.07, 6.45) is 1.59. The van der Waals surface area contributed by atoms with Crippen LogP contribution in [0.4, 0.5) is 0 Å². The fraction of sp³-hybridized carbons (Fsp3) is 0.182. The van der Waals surface area contributed by atoms with Gasteiger partial charge in [0.2, 0.25) is 0 Å². The SMILES string of the molecule is C=CCOc1cc(O)cc(C(=O)NC)c1. The molecule has 0 atom stereocenters. The summed E-state index contributed by atoms with van der Waals surface area (Å²) >= 11 is 0. The average molecular weight is 207 g/mol. The lowest BCUT2D eigenvalue weighted by molar-refractivity contribution is 0.0962. The number of hydrogen-bond donors (Lipinski definition) is 2. The molecule has 15 heavy (non-hydrogen) atoms. The van der Waals surface area contributed by atoms with Crippen LogP contribution in [0.3, 0.4) is 0 Å². The summed E-state index contributed by atoms with van der Waals surface area (Å²) in [5.74, 6) is 0.165. The molecule has 4 nitrogen and oxygen atoms in total. The minimum Gasteiger partial charge on any atom is -0.508 e. The Balaban J connectivity index is 2.94. The second-order valence-electron chi connectivity index (χ2n) is 2.89. The van der Waals surface area contributed by atoms with Crippen LogP contribution in [-0.2, 0) is 0 Å². The molecule has 0 bridgehead atoms. The van der Waals surface area contributed by atoms with E-state index in [0.717, 1.165) is 0 Å². The van der Waals surface area contributed by atoms with Crippen molar-refractivity contribution in [2.75, 3.05) is 13.7 Å². The monoisotopic (exact) mass is 207 g/mol. The smallest absolute Gasteiger partial charge is 0.251 e. The van der Waals surface area contributed by atoms with E-state index in [2.05, 4.69) is 11.9 Å². The van der Waals surface area contributed by atoms with E-state index in [1.165, 1.54) is 19.2 Å². The normalized spacial score (nSPS) is 9.40. The molecule has 1 aromatic carbocycles. The van der Waals surface area contributed by atoms with Crippen LogP contribution in [0.1, 0.15) is 10.4 Å². The zero-order valence-electron chi connectivity index (χ0n) is 8.49. The fourth-order valence-electron chi connectivity index (χ4n) is 1.10. The Morgan fingerprint density at radius 1 is 1.60 bits per heavy atom. The van der Waals surface area contributed by atoms with Crippen LogP contribution < -0.4 is 10.1 Å². The lowest BCUT2D eigenvalue weighted by Crippen LogP contribution is -2.17. The van der Waals surface area contributed by atoms with Gasteiger partial charge in [0.1, 0.15) is 18.1 Å². The molecule has 0 saturated carbocycles. The minimum atomic E-state index is -0.269. The summed E-state index contributed by atoms with van der Waals surface area (Å²) in [5, 5.41) is 11.8. The summed E-state index contributed by atoms with van der Waals surface area (Å²) in [6.45, 7) is 3.84. The number of amides is 1. The molecule has 0 aliphatic heterocycles. The number of rotatable bonds is 4. The van der Waals surface area contributed by atoms with Crippen molar-refractivity contribution in [1.29, 1.82) is 0 Å². The van der Waals surface area contributed by atoms with E-state index in [0.29, 0.717) is 17.9 Å². The molecule has 0 aromatic heterocycles. The summed E-state index contributed by atoms with van der Waals surface area (Å²) in [7, 11) is 1.52. The molecule has 0 aliphatic carbocycles. The molecule has 1 amide bonds. The van der Waals surface area contributed by atoms with Gasteiger partial charge in [0.05, 0.1) is 0 Å². The topological polar surface area (TPSA) is 58.6 Å². The van der Waals surface area contributed by atoms with Crippen molar-refractivity contribution in [2.24, 2.45) is 0 Å². The first-order valence-electron chi connectivity index (χ1n) is 4.47. The molecule has 80 valence electrons. The van der Waals surface area contributed by atoms with E-state index in [4.69, 9.17) is 4.74 Å². The highest BCUT2D eigenvalue weighted by Gasteiger charge is 2.06. The van der Waals surface area contributed by atoms with E-state index in [9.17, 15) is 9.90 Å². The molecule has 2 N–H and O–H groups in total. The Morgan fingerprint density at radius 2 is 2.33 bits per heavy atom. The van der Waals surface area contributed by atoms with Crippen LogP contribution in [-0.4, -0.2) is 24.7 Å². The van der Waals surface area contributed by atoms with Gasteiger partial charge in [-0.15, -0.1) is 0 Å². The van der Waals surface area contributed by atoms with Crippen LogP contribution in [0.15, 0.2) is 30.9 Å². The molecule has 0 radical (unpaired) electrons. The number of ether oxygens (including phenoxy) is 1. The Labute approximate surface area is 88.2 Å². The van der Waals surface area contributed by atoms with Crippen molar-refractivity contribution in [3.63, 3.8) is 0 Å². The van der Waals surface area contributed by atoms with Gasteiger partial charge in [-0.3, -0.25) is 4.79 Å². The van der Waals surface area contributed by atoms with Gasteiger partial charge in [-0.2, -0.15) is 0 Å². The highest BCUT2D eigenvalue weighted by atomic mass is 16.5. The number of phenolic OH excluding ortho intramolecular Hbond substituents is 1. The predicted octanol–water partition coefficient (Wildman–Crippen LogP) is 1.32. The molecular formula is C11H13NO3. The van der Waals surface area contributed by atoms with Crippen molar-refractivity contribution < 1.29 is 14.6 Å². The summed E-state index contributed by atoms with van der Waals surface area (Å²) in [4.78, 5) is 11.3. The van der Waals surface area contributed by atoms with Crippen molar-refractivity contribution in [3.8, 4) is 11.5 Å². The molecule has 1 rings (SSSR count). The molecule has 0 aliphatic rings. The number of carbonyl (C=O) groups is 1. The second kappa shape index (κ2) is 5.05. The molecule has 0 fully saturated rings. The lowest BCUT2D eigenvalue weighted by atomic mass is 10.2. The quantitative estimate of drug-likeness (QED) is 0.732. The van der Waals surface area contributed by atoms with E-state index >= 15 is 0 Å². The fourth-order valence-corrected chi connectivity index (χ4v) is 1.10. The van der Waals surface area contributed by atoms with Crippen LogP contribution in [0.2, 0.25) is 0 Å². The largest absolute Gasteiger partial charge is 0.508 e. The maximum atomic E-state index is 11.3. The average Bonchev–Trinajstić information content (AvgIpc) is 2.24. The summed E-state index contributed by atoms with van der Waals surface area (Å²) < 4.78 is 5.21. The Hall–Kier alpha value is -1.97. The first-order chi connectivity index (χ1) is 7.17. The van der Waals surface area contributed by atoms with E-state index in [1.807, 2.05) is 0 Å². The second-order valence-corrected chi connectivity index (χ2v) is 2.89. The van der Waals surface area contributed by atoms with Crippen molar-refractivity contribution in [2.45, 2.75) is 0 Å². The van der Waals surface area contributed by atoms with Crippen LogP contribution in [0.5, 0.6) is 11.5 Å². The highest BCUT2D eigenvalue weighted by molar-refractivity contribution is 5.94. The van der Waals surface area contributed by atoms with E-state index in [-0.39, 0.29) is 11.7 Å². The first kappa shape index (κ1) is 11.1. The maximum Gasteiger partial charge on any atom is 0.251 e. The third-order valence-corrected chi connectivity index (χ3v) is 1.75. The zero-order chi connectivity index (χ0) is 11.3. The van der Waals surface area contributed by atoms with E-state index in [1.54, 1.807) is 12.1 Å². The van der Waals surface area contributed by atoms with Crippen molar-refractivity contribution >= 4 is 5.91 Å². The minimum absolute atomic E-state index is 0.00448. The van der Waals surface area contributed by atoms with Crippen LogP contribution >= 0.6 is 0 Å². The lowest BCUT2D eigenvalue weighted by Gasteiger charge is -2.06. The number of benzene rings is 1. The maximum absolute atomic E-state index is 11.3. The highest BCUT2D eigenvalue weighted by Crippen LogP contribution is 2.21. The van der Waals surface area contributed by atoms with Gasteiger partial charge in [0.15, 0.2) is 0 Å². The van der Waals surface area contributed by atoms with Gasteiger partial charge in [0, 0.05) is 18.7 Å². The summed E-state index contributed by atoms with van der Waals surface area (Å²) in [6, 6.07) is 4.37. The van der Waals surface area contributed by atoms with Crippen LogP contribution in [0, 0.1) is 0 Å². The number of carbonyl (C=O) groups excluding carboxylic acids is 1. The van der Waals surface area contributed by atoms with Gasteiger partial charge in [-0.05, 0) is 12.1 Å². The molecule has 0 unspecified atom stereocenters. The number of nitrogens with one attached hydrogen (secondary N) is 1. The standard InChI is InChI=1S/C11H13NO3/c1-3-4-15-10-6-8(11(14)12-2)5-9(13)7-10/h3,5-7,13H,1,4H2,2H3,(H,12,14). The Kier molecular flexibility index (Phi) is 3.74. The number of hydrogen-bond acceptors (Lipinski definition) is 3. The number of aromatic hydroxyl groups is 1. The molecule has 0 heterocycles. The van der Waals surface area contributed by atoms with Gasteiger partial charge in [0.25, 0.3) is 5.91 Å². The predicted molar refractivity (Wildman–Crippen MR) is 57.2 cm³/mol. The number of phenols is 1. The van der Waals surface area contributed by atoms with Crippen molar-refractivity contribution in [3.05, 3.63) is 36.4 Å². The van der Waals surface area contributed by atoms with Gasteiger partial charge in [-0.25, -0.2) is 0 Å². The van der Waals surface area contributed by atoms with E-state index < -0.39 is 0 Å². The van der Waals surface area contributed by atoms with Gasteiger partial charge < -0.3 is 15.2 Å². The molecule has 0 saturated heterocycles. The first-order valence-corrected chi connectivity index (χ1v) is 4.47. The van der Waals surface area contributed by atoms with Gasteiger partial charge >= 0.3 is 0 Å². The molecular weight excluding hydrogens is 194 g/mol. The molecule has 0 spiro atoms. The zero-order valence-corrected chi connectivity index (χ0v) is 8.49. The Bertz CT molecular complexity index is 374. The van der Waals surface area contributed by atoms with Gasteiger partial charge in [-0.1, -0.05) is 12.7 Å². The van der Waals surface area contributed by atoms with Crippen molar-refractivity contribution in [1.82, 2.24) is 5.32 Å². The van der Waals surface area contributed by atoms with Crippen LogP contribution in [0.25, 0.3) is 0 Å². The third-order valence-electron chi connectivity index (χ3n) is 1.75. The summed E-state index contributed by atoms with van der Waals surface area (Å²) in [5.41, 5.74) is 0.358.